The SMILES string of the molecule is CNCC1C(O)C(O)CC2(C3CCCCC3)C3C(=CC(=O)C12)C1(O)C2CC(C4CC5CCCC6=C5C(C(=C5CC7CCC8CCCC8(C7)C65)C(C)(C)CC(n5ccnc5)CSSC25CCCC52CCNCC2)C4O)C1(CO)CC3CN=C(N)NC(C)O. The number of piperidine rings is 1. The van der Waals surface area contributed by atoms with Crippen molar-refractivity contribution in [1.29, 1.82) is 0 Å². The maximum Gasteiger partial charge on any atom is 0.190 e. The Balaban J connectivity index is 0.990. The van der Waals surface area contributed by atoms with Crippen molar-refractivity contribution in [3.8, 4) is 0 Å². The molecule has 0 amide bonds. The van der Waals surface area contributed by atoms with Gasteiger partial charge in [0.15, 0.2) is 11.7 Å². The number of fused-ring (bicyclic) bond motifs is 16. The number of guanidine groups is 1. The van der Waals surface area contributed by atoms with Crippen LogP contribution in [0.3, 0.4) is 0 Å². The lowest BCUT2D eigenvalue weighted by Crippen LogP contribution is -2.72. The molecule has 0 aromatic carbocycles. The standard InChI is InChI=1S/C71H107N7O7S2/c1-40(80)77-64(72)76-35-43-32-68(38-79)51-30-55(71(68,85)52-29-53(81)60-50(36-73-4)62(83)54(82)34-69(60,58(43)52)45-12-6-5-7-13-45)70(20-10-18-66(70)21-23-74-24-22-66)87-86-37-46(78-26-25-75-39-78)33-65(2,3)61-49-27-41-16-17-44-14-9-19-67(44,31-41)59(49)47-15-8-11-42-28-48(51)63(84)57(61)56(42)47/h25-26,29,39-46,48,50-51,54-55,57-60,62-63,73-74,79-80,82-85H,5-24,27-28,30-38H2,1-4H3,(H3,72,76,77). The van der Waals surface area contributed by atoms with Crippen molar-refractivity contribution in [1.82, 2.24) is 25.5 Å². The van der Waals surface area contributed by atoms with Crippen LogP contribution in [0.5, 0.6) is 0 Å². The van der Waals surface area contributed by atoms with Crippen LogP contribution in [-0.4, -0.2) is 132 Å². The second-order valence-electron chi connectivity index (χ2n) is 32.8. The van der Waals surface area contributed by atoms with Gasteiger partial charge < -0.3 is 56.9 Å². The van der Waals surface area contributed by atoms with E-state index in [1.165, 1.54) is 38.5 Å². The van der Waals surface area contributed by atoms with Crippen molar-refractivity contribution in [3.05, 3.63) is 52.7 Å². The topological polar surface area (TPSA) is 231 Å². The van der Waals surface area contributed by atoms with Crippen LogP contribution in [0.1, 0.15) is 187 Å². The minimum atomic E-state index is -1.70. The second kappa shape index (κ2) is 22.5. The van der Waals surface area contributed by atoms with Gasteiger partial charge in [-0.2, -0.15) is 0 Å². The Hall–Kier alpha value is -2.25. The molecule has 11 fully saturated rings. The summed E-state index contributed by atoms with van der Waals surface area (Å²) in [5, 5.41) is 90.2. The van der Waals surface area contributed by atoms with E-state index in [1.54, 1.807) is 29.2 Å². The van der Waals surface area contributed by atoms with Crippen molar-refractivity contribution in [3.63, 3.8) is 0 Å². The van der Waals surface area contributed by atoms with Crippen LogP contribution in [0.4, 0.5) is 0 Å². The first-order valence-electron chi connectivity index (χ1n) is 35.4. The molecule has 15 rings (SSSR count). The van der Waals surface area contributed by atoms with Gasteiger partial charge >= 0.3 is 0 Å². The third-order valence-electron chi connectivity index (χ3n) is 29.0. The number of aliphatic hydroxyl groups excluding tert-OH is 5. The number of hydrogen-bond acceptors (Lipinski definition) is 13. The highest BCUT2D eigenvalue weighted by molar-refractivity contribution is 8.77. The maximum absolute atomic E-state index is 16.5. The predicted molar refractivity (Wildman–Crippen MR) is 344 cm³/mol. The molecular formula is C71H107N7O7S2. The number of nitrogens with two attached hydrogens (primary N) is 1. The van der Waals surface area contributed by atoms with Gasteiger partial charge in [0.2, 0.25) is 0 Å². The van der Waals surface area contributed by atoms with E-state index < -0.39 is 63.5 Å². The molecule has 12 aliphatic carbocycles. The summed E-state index contributed by atoms with van der Waals surface area (Å²) in [4.78, 5) is 26.4. The summed E-state index contributed by atoms with van der Waals surface area (Å²) in [5.41, 5.74) is 10.2. The first-order valence-corrected chi connectivity index (χ1v) is 37.7. The number of nitrogens with zero attached hydrogens (tertiary/aromatic N) is 3. The number of imidazole rings is 1. The van der Waals surface area contributed by atoms with Crippen LogP contribution in [0.15, 0.2) is 57.7 Å². The van der Waals surface area contributed by atoms with Gasteiger partial charge in [-0.3, -0.25) is 9.79 Å². The lowest BCUT2D eigenvalue weighted by Gasteiger charge is -2.68. The number of allylic oxidation sites excluding steroid dienone is 3. The number of aromatic nitrogens is 2. The zero-order valence-electron chi connectivity index (χ0n) is 52.9. The molecule has 22 atom stereocenters. The van der Waals surface area contributed by atoms with Crippen LogP contribution in [-0.2, 0) is 4.79 Å². The van der Waals surface area contributed by atoms with Crippen molar-refractivity contribution in [2.75, 3.05) is 45.6 Å². The number of nitrogens with one attached hydrogen (secondary N) is 3. The van der Waals surface area contributed by atoms with Crippen molar-refractivity contribution in [2.24, 2.45) is 115 Å². The highest BCUT2D eigenvalue weighted by atomic mass is 33.1. The highest BCUT2D eigenvalue weighted by Gasteiger charge is 2.80. The fourth-order valence-corrected chi connectivity index (χ4v) is 30.9. The summed E-state index contributed by atoms with van der Waals surface area (Å²) in [7, 11) is 5.96. The number of hydrogen-bond donors (Lipinski definition) is 10. The molecule has 2 aliphatic heterocycles. The molecule has 2 saturated heterocycles. The third-order valence-corrected chi connectivity index (χ3v) is 32.5. The molecule has 87 heavy (non-hydrogen) atoms. The van der Waals surface area contributed by atoms with E-state index >= 15 is 9.90 Å². The zero-order valence-corrected chi connectivity index (χ0v) is 54.6. The highest BCUT2D eigenvalue weighted by Crippen LogP contribution is 2.81. The van der Waals surface area contributed by atoms with E-state index in [0.717, 1.165) is 133 Å². The summed E-state index contributed by atoms with van der Waals surface area (Å²) in [5.74, 6) is -0.0282. The molecule has 16 heteroatoms. The van der Waals surface area contributed by atoms with Crippen molar-refractivity contribution >= 4 is 33.3 Å². The Morgan fingerprint density at radius 1 is 0.908 bits per heavy atom. The Morgan fingerprint density at radius 3 is 2.47 bits per heavy atom. The predicted octanol–water partition coefficient (Wildman–Crippen LogP) is 9.42. The number of carbonyl (C=O) groups excluding carboxylic acids is 1. The van der Waals surface area contributed by atoms with Crippen molar-refractivity contribution < 1.29 is 35.4 Å². The van der Waals surface area contributed by atoms with E-state index in [2.05, 4.69) is 51.4 Å². The molecule has 3 spiro atoms. The van der Waals surface area contributed by atoms with E-state index in [-0.39, 0.29) is 89.6 Å². The van der Waals surface area contributed by atoms with E-state index in [4.69, 9.17) is 15.7 Å². The summed E-state index contributed by atoms with van der Waals surface area (Å²) in [6, 6.07) is 0.114. The third kappa shape index (κ3) is 8.76. The Bertz CT molecular complexity index is 2920. The Labute approximate surface area is 526 Å². The fraction of sp³-hybridized carbons (Fsp3) is 0.845. The Morgan fingerprint density at radius 2 is 1.71 bits per heavy atom. The van der Waals surface area contributed by atoms with Gasteiger partial charge in [0, 0.05) is 77.0 Å². The van der Waals surface area contributed by atoms with E-state index in [9.17, 15) is 25.5 Å². The number of aliphatic imine (C=N–C) groups is 1. The monoisotopic (exact) mass is 1230 g/mol. The molecule has 6 bridgehead atoms. The minimum Gasteiger partial charge on any atom is -0.396 e. The van der Waals surface area contributed by atoms with Crippen LogP contribution < -0.4 is 21.7 Å². The molecule has 14 aliphatic rings. The Kier molecular flexibility index (Phi) is 15.7. The molecule has 1 aromatic rings. The summed E-state index contributed by atoms with van der Waals surface area (Å²) >= 11 is 0. The molecule has 3 heterocycles. The van der Waals surface area contributed by atoms with Gasteiger partial charge in [-0.15, -0.1) is 0 Å². The van der Waals surface area contributed by atoms with Gasteiger partial charge in [-0.25, -0.2) is 4.98 Å². The van der Waals surface area contributed by atoms with Gasteiger partial charge in [0.25, 0.3) is 0 Å². The lowest BCUT2D eigenvalue weighted by molar-refractivity contribution is -0.215. The van der Waals surface area contributed by atoms with Crippen LogP contribution >= 0.6 is 21.6 Å². The number of carbonyl (C=O) groups is 1. The van der Waals surface area contributed by atoms with Gasteiger partial charge in [0.05, 0.1) is 36.8 Å². The van der Waals surface area contributed by atoms with E-state index in [1.807, 2.05) is 36.4 Å². The molecule has 22 unspecified atom stereocenters. The molecule has 1 aromatic heterocycles. The summed E-state index contributed by atoms with van der Waals surface area (Å²) in [6.07, 6.45) is 29.5. The molecule has 0 radical (unpaired) electrons. The lowest BCUT2D eigenvalue weighted by atomic mass is 9.37. The van der Waals surface area contributed by atoms with Crippen LogP contribution in [0, 0.1) is 104 Å². The molecule has 9 saturated carbocycles. The second-order valence-corrected chi connectivity index (χ2v) is 35.4. The quantitative estimate of drug-likeness (QED) is 0.0385. The average Bonchev–Trinajstić information content (AvgIpc) is 1.65. The molecule has 14 nitrogen and oxygen atoms in total. The average molecular weight is 1230 g/mol. The molecular weight excluding hydrogens is 1130 g/mol. The molecule has 480 valence electrons. The first kappa shape index (κ1) is 61.0. The fourth-order valence-electron chi connectivity index (χ4n) is 26.6. The smallest absolute Gasteiger partial charge is 0.190 e. The normalized spacial score (nSPS) is 47.8. The van der Waals surface area contributed by atoms with Crippen LogP contribution in [0.25, 0.3) is 0 Å². The number of ketones is 1. The summed E-state index contributed by atoms with van der Waals surface area (Å²) in [6.45, 7) is 8.82. The van der Waals surface area contributed by atoms with Crippen LogP contribution in [0.2, 0.25) is 0 Å². The number of aliphatic hydroxyl groups is 6. The zero-order chi connectivity index (χ0) is 60.2. The van der Waals surface area contributed by atoms with Gasteiger partial charge in [-0.05, 0) is 236 Å². The summed E-state index contributed by atoms with van der Waals surface area (Å²) < 4.78 is 1.92. The largest absolute Gasteiger partial charge is 0.396 e. The minimum absolute atomic E-state index is 0.0211. The number of rotatable bonds is 8. The first-order chi connectivity index (χ1) is 41.9. The van der Waals surface area contributed by atoms with Gasteiger partial charge in [-0.1, -0.05) is 89.8 Å². The van der Waals surface area contributed by atoms with Crippen molar-refractivity contribution in [2.45, 2.75) is 222 Å². The molecule has 11 N–H and O–H groups in total. The maximum atomic E-state index is 16.5. The van der Waals surface area contributed by atoms with Gasteiger partial charge in [0.1, 0.15) is 6.23 Å². The van der Waals surface area contributed by atoms with E-state index in [0.29, 0.717) is 36.6 Å².